The highest BCUT2D eigenvalue weighted by molar-refractivity contribution is 6.35. The van der Waals surface area contributed by atoms with Gasteiger partial charge in [-0.2, -0.15) is 18.3 Å². The number of ether oxygens (including phenoxy) is 1. The fourth-order valence-corrected chi connectivity index (χ4v) is 2.93. The Labute approximate surface area is 175 Å². The summed E-state index contributed by atoms with van der Waals surface area (Å²) in [4.78, 5) is 0. The van der Waals surface area contributed by atoms with Gasteiger partial charge < -0.3 is 4.74 Å². The summed E-state index contributed by atoms with van der Waals surface area (Å²) >= 11 is 12.3. The quantitative estimate of drug-likeness (QED) is 0.330. The van der Waals surface area contributed by atoms with E-state index in [9.17, 15) is 13.2 Å². The maximum atomic E-state index is 12.6. The van der Waals surface area contributed by atoms with Crippen molar-refractivity contribution in [1.82, 2.24) is 0 Å². The Hall–Kier alpha value is -2.70. The van der Waals surface area contributed by atoms with Crippen LogP contribution in [0.2, 0.25) is 10.0 Å². The van der Waals surface area contributed by atoms with Crippen molar-refractivity contribution in [3.63, 3.8) is 0 Å². The highest BCUT2D eigenvalue weighted by Crippen LogP contribution is 2.30. The van der Waals surface area contributed by atoms with E-state index in [-0.39, 0.29) is 6.61 Å². The minimum atomic E-state index is -4.36. The van der Waals surface area contributed by atoms with E-state index in [0.717, 1.165) is 17.7 Å². The van der Waals surface area contributed by atoms with Crippen molar-refractivity contribution in [3.05, 3.63) is 93.5 Å². The monoisotopic (exact) mass is 438 g/mol. The molecule has 0 aliphatic rings. The van der Waals surface area contributed by atoms with Gasteiger partial charge in [0, 0.05) is 15.6 Å². The van der Waals surface area contributed by atoms with Crippen LogP contribution >= 0.6 is 23.2 Å². The van der Waals surface area contributed by atoms with Gasteiger partial charge in [0.05, 0.1) is 17.5 Å². The van der Waals surface area contributed by atoms with Crippen molar-refractivity contribution in [2.45, 2.75) is 12.8 Å². The van der Waals surface area contributed by atoms with Crippen LogP contribution in [-0.4, -0.2) is 6.21 Å². The zero-order valence-electron chi connectivity index (χ0n) is 14.9. The van der Waals surface area contributed by atoms with E-state index in [4.69, 9.17) is 27.9 Å². The molecule has 0 spiro atoms. The molecule has 0 amide bonds. The molecule has 8 heteroatoms. The molecule has 1 N–H and O–H groups in total. The second-order valence-corrected chi connectivity index (χ2v) is 6.82. The Bertz CT molecular complexity index is 985. The predicted molar refractivity (Wildman–Crippen MR) is 110 cm³/mol. The second kappa shape index (κ2) is 9.20. The van der Waals surface area contributed by atoms with Crippen LogP contribution in [-0.2, 0) is 12.8 Å². The Morgan fingerprint density at radius 2 is 1.59 bits per heavy atom. The van der Waals surface area contributed by atoms with Gasteiger partial charge in [0.15, 0.2) is 0 Å². The van der Waals surface area contributed by atoms with Crippen LogP contribution in [0.4, 0.5) is 18.9 Å². The fourth-order valence-electron chi connectivity index (χ4n) is 2.43. The molecule has 0 fully saturated rings. The normalized spacial score (nSPS) is 11.6. The lowest BCUT2D eigenvalue weighted by atomic mass is 10.2. The van der Waals surface area contributed by atoms with Crippen molar-refractivity contribution >= 4 is 35.1 Å². The van der Waals surface area contributed by atoms with Gasteiger partial charge in [0.2, 0.25) is 0 Å². The van der Waals surface area contributed by atoms with Crippen molar-refractivity contribution in [3.8, 4) is 5.75 Å². The van der Waals surface area contributed by atoms with Crippen LogP contribution in [0.15, 0.2) is 71.8 Å². The Balaban J connectivity index is 1.61. The lowest BCUT2D eigenvalue weighted by Gasteiger charge is -2.10. The minimum Gasteiger partial charge on any atom is -0.489 e. The number of halogens is 5. The molecule has 0 saturated carbocycles. The first-order valence-corrected chi connectivity index (χ1v) is 9.20. The third kappa shape index (κ3) is 5.89. The zero-order chi connectivity index (χ0) is 20.9. The smallest absolute Gasteiger partial charge is 0.416 e. The largest absolute Gasteiger partial charge is 0.489 e. The molecule has 0 aliphatic heterocycles. The van der Waals surface area contributed by atoms with Crippen LogP contribution in [0, 0.1) is 0 Å². The minimum absolute atomic E-state index is 0.211. The molecule has 3 nitrogen and oxygen atoms in total. The third-order valence-corrected chi connectivity index (χ3v) is 4.63. The Kier molecular flexibility index (Phi) is 6.67. The Morgan fingerprint density at radius 1 is 0.931 bits per heavy atom. The summed E-state index contributed by atoms with van der Waals surface area (Å²) < 4.78 is 43.5. The number of hydrogen-bond donors (Lipinski definition) is 1. The maximum Gasteiger partial charge on any atom is 0.416 e. The molecule has 0 aliphatic carbocycles. The number of benzene rings is 3. The van der Waals surface area contributed by atoms with Crippen LogP contribution in [0.25, 0.3) is 0 Å². The van der Waals surface area contributed by atoms with Crippen molar-refractivity contribution in [2.24, 2.45) is 5.10 Å². The summed E-state index contributed by atoms with van der Waals surface area (Å²) in [6.07, 6.45) is -2.83. The molecule has 3 rings (SSSR count). The Morgan fingerprint density at radius 3 is 2.24 bits per heavy atom. The van der Waals surface area contributed by atoms with E-state index in [1.165, 1.54) is 18.3 Å². The number of hydrogen-bond acceptors (Lipinski definition) is 3. The molecule has 0 aromatic heterocycles. The van der Waals surface area contributed by atoms with Gasteiger partial charge in [-0.15, -0.1) is 0 Å². The topological polar surface area (TPSA) is 33.6 Å². The number of nitrogens with one attached hydrogen (secondary N) is 1. The van der Waals surface area contributed by atoms with Gasteiger partial charge in [-0.25, -0.2) is 0 Å². The van der Waals surface area contributed by atoms with Crippen LogP contribution in [0.5, 0.6) is 5.75 Å². The maximum absolute atomic E-state index is 12.6. The highest BCUT2D eigenvalue weighted by atomic mass is 35.5. The van der Waals surface area contributed by atoms with E-state index in [1.54, 1.807) is 36.4 Å². The number of nitrogens with zero attached hydrogens (tertiary/aromatic N) is 1. The summed E-state index contributed by atoms with van der Waals surface area (Å²) in [6, 6.07) is 17.0. The molecule has 0 saturated heterocycles. The SMILES string of the molecule is FC(F)(F)c1ccc(NN=Cc2cccc(OCc3c(Cl)cccc3Cl)c2)cc1. The first-order valence-electron chi connectivity index (χ1n) is 8.45. The molecule has 29 heavy (non-hydrogen) atoms. The van der Waals surface area contributed by atoms with Gasteiger partial charge in [-0.1, -0.05) is 41.4 Å². The average Bonchev–Trinajstić information content (AvgIpc) is 2.68. The first kappa shape index (κ1) is 21.0. The summed E-state index contributed by atoms with van der Waals surface area (Å²) in [5.41, 5.74) is 3.85. The molecule has 0 radical (unpaired) electrons. The lowest BCUT2D eigenvalue weighted by molar-refractivity contribution is -0.137. The third-order valence-electron chi connectivity index (χ3n) is 3.92. The summed E-state index contributed by atoms with van der Waals surface area (Å²) in [7, 11) is 0. The molecule has 3 aromatic carbocycles. The molecule has 0 atom stereocenters. The number of anilines is 1. The summed E-state index contributed by atoms with van der Waals surface area (Å²) in [5, 5.41) is 5.09. The van der Waals surface area contributed by atoms with Gasteiger partial charge in [-0.05, 0) is 54.1 Å². The van der Waals surface area contributed by atoms with E-state index < -0.39 is 11.7 Å². The average molecular weight is 439 g/mol. The standard InChI is InChI=1S/C21H15Cl2F3N2O/c22-19-5-2-6-20(23)18(19)13-29-17-4-1-3-14(11-17)12-27-28-16-9-7-15(8-10-16)21(24,25)26/h1-12,28H,13H2. The van der Waals surface area contributed by atoms with Crippen LogP contribution in [0.1, 0.15) is 16.7 Å². The fraction of sp³-hybridized carbons (Fsp3) is 0.0952. The predicted octanol–water partition coefficient (Wildman–Crippen LogP) is 7.04. The number of alkyl halides is 3. The zero-order valence-corrected chi connectivity index (χ0v) is 16.4. The van der Waals surface area contributed by atoms with E-state index in [2.05, 4.69) is 10.5 Å². The van der Waals surface area contributed by atoms with Gasteiger partial charge in [-0.3, -0.25) is 5.43 Å². The second-order valence-electron chi connectivity index (χ2n) is 6.01. The molecule has 0 bridgehead atoms. The summed E-state index contributed by atoms with van der Waals surface area (Å²) in [6.45, 7) is 0.211. The van der Waals surface area contributed by atoms with Crippen LogP contribution in [0.3, 0.4) is 0 Å². The molecular formula is C21H15Cl2F3N2O. The first-order chi connectivity index (χ1) is 13.8. The van der Waals surface area contributed by atoms with Gasteiger partial charge in [0.1, 0.15) is 12.4 Å². The van der Waals surface area contributed by atoms with Crippen molar-refractivity contribution in [2.75, 3.05) is 5.43 Å². The number of hydrazone groups is 1. The molecular weight excluding hydrogens is 424 g/mol. The van der Waals surface area contributed by atoms with Crippen LogP contribution < -0.4 is 10.2 Å². The van der Waals surface area contributed by atoms with Crippen molar-refractivity contribution < 1.29 is 17.9 Å². The molecule has 0 unspecified atom stereocenters. The van der Waals surface area contributed by atoms with Crippen molar-refractivity contribution in [1.29, 1.82) is 0 Å². The van der Waals surface area contributed by atoms with Gasteiger partial charge in [0.25, 0.3) is 0 Å². The van der Waals surface area contributed by atoms with E-state index >= 15 is 0 Å². The van der Waals surface area contributed by atoms with E-state index in [1.807, 2.05) is 6.07 Å². The molecule has 3 aromatic rings. The number of rotatable bonds is 6. The van der Waals surface area contributed by atoms with E-state index in [0.29, 0.717) is 27.0 Å². The molecule has 150 valence electrons. The highest BCUT2D eigenvalue weighted by Gasteiger charge is 2.29. The summed E-state index contributed by atoms with van der Waals surface area (Å²) in [5.74, 6) is 0.597. The van der Waals surface area contributed by atoms with Gasteiger partial charge >= 0.3 is 6.18 Å². The lowest BCUT2D eigenvalue weighted by Crippen LogP contribution is -2.04. The molecule has 0 heterocycles.